The van der Waals surface area contributed by atoms with Crippen molar-refractivity contribution >= 4 is 79.0 Å². The topological polar surface area (TPSA) is 11.4 Å². The summed E-state index contributed by atoms with van der Waals surface area (Å²) in [5.41, 5.74) is 50.0. The van der Waals surface area contributed by atoms with Crippen molar-refractivity contribution in [2.75, 3.05) is 9.80 Å². The summed E-state index contributed by atoms with van der Waals surface area (Å²) < 4.78 is 2.64. The van der Waals surface area contributed by atoms with Crippen LogP contribution in [0, 0.1) is 0 Å². The van der Waals surface area contributed by atoms with Crippen LogP contribution in [-0.2, 0) is 0 Å². The van der Waals surface area contributed by atoms with Crippen LogP contribution in [0.2, 0.25) is 0 Å². The van der Waals surface area contributed by atoms with E-state index in [1.165, 1.54) is 183 Å². The number of aromatic nitrogens is 1. The van der Waals surface area contributed by atoms with Crippen LogP contribution in [0.1, 0.15) is 329 Å². The molecule has 0 spiro atoms. The number of nitrogens with zero attached hydrogens (tertiary/aromatic N) is 3. The van der Waals surface area contributed by atoms with E-state index in [0.717, 1.165) is 45.0 Å². The smallest absolute Gasteiger partial charge is 0.252 e. The second-order valence-electron chi connectivity index (χ2n) is 41.2. The van der Waals surface area contributed by atoms with Crippen molar-refractivity contribution in [3.8, 4) is 83.6 Å². The number of rotatable bonds is 23. The van der Waals surface area contributed by atoms with Gasteiger partial charge in [0.25, 0.3) is 6.71 Å². The number of para-hydroxylation sites is 1. The fourth-order valence-electron chi connectivity index (χ4n) is 21.5. The first-order valence-corrected chi connectivity index (χ1v) is 48.1. The van der Waals surface area contributed by atoms with E-state index in [-0.39, 0.29) is 30.4 Å². The minimum atomic E-state index is -0.261. The highest BCUT2D eigenvalue weighted by atomic mass is 15.2. The zero-order valence-corrected chi connectivity index (χ0v) is 80.8. The number of hydrogen-bond donors (Lipinski definition) is 0. The highest BCUT2D eigenvalue weighted by molar-refractivity contribution is 7.00. The standard InChI is InChI=1S/C123H134BN3/c1-70(2)89-60-101(77(15)16)117(102(61-89)78(17)18)85-46-51-93(52-47-85)125-113-57-50-88(120-103(79(19)20)62-90(71(3)4)63-104(120)80(21)22)66-110(113)124-109-54-53-94(126-111-55-48-86(118-95(73(7)8)40-33-41-96(118)74(9)10)58-107(111)108-59-87(49-56-112(108)126)119-97(75(11)12)42-34-43-98(119)76(13)14)69-114(109)127(123-99(83-36-29-27-30-37-83)44-35-45-100(123)84-38-31-28-32-39-84)116-68-92(67-115(125)122(116)124)121-105(81(23)24)64-91(72(5)6)65-106(121)82(25)26/h27-82H,1-26H3. The third-order valence-corrected chi connectivity index (χ3v) is 28.2. The van der Waals surface area contributed by atoms with Gasteiger partial charge in [-0.25, -0.2) is 0 Å². The molecule has 127 heavy (non-hydrogen) atoms. The van der Waals surface area contributed by atoms with Crippen molar-refractivity contribution in [3.05, 3.63) is 333 Å². The Morgan fingerprint density at radius 2 is 0.535 bits per heavy atom. The Bertz CT molecular complexity index is 6370. The molecule has 0 amide bonds. The fraction of sp³-hybridized carbons (Fsp3) is 0.317. The normalized spacial score (nSPS) is 12.9. The van der Waals surface area contributed by atoms with Gasteiger partial charge < -0.3 is 14.4 Å². The third kappa shape index (κ3) is 15.6. The van der Waals surface area contributed by atoms with Crippen LogP contribution in [0.4, 0.5) is 34.1 Å². The minimum Gasteiger partial charge on any atom is -0.311 e. The average molecular weight is 1670 g/mol. The molecule has 0 atom stereocenters. The van der Waals surface area contributed by atoms with Crippen LogP contribution in [-0.4, -0.2) is 11.3 Å². The summed E-state index contributed by atoms with van der Waals surface area (Å²) >= 11 is 0. The molecule has 3 nitrogen and oxygen atoms in total. The summed E-state index contributed by atoms with van der Waals surface area (Å²) in [7, 11) is 0. The van der Waals surface area contributed by atoms with Crippen LogP contribution in [0.3, 0.4) is 0 Å². The average Bonchev–Trinajstić information content (AvgIpc) is 0.908. The predicted molar refractivity (Wildman–Crippen MR) is 556 cm³/mol. The molecule has 2 aliphatic rings. The Labute approximate surface area is 761 Å². The molecule has 4 heteroatoms. The predicted octanol–water partition coefficient (Wildman–Crippen LogP) is 35.1. The molecule has 0 bridgehead atoms. The molecule has 0 radical (unpaired) electrons. The van der Waals surface area contributed by atoms with E-state index >= 15 is 0 Å². The third-order valence-electron chi connectivity index (χ3n) is 28.2. The van der Waals surface area contributed by atoms with Gasteiger partial charge in [-0.3, -0.25) is 0 Å². The van der Waals surface area contributed by atoms with E-state index in [1.807, 2.05) is 0 Å². The van der Waals surface area contributed by atoms with Gasteiger partial charge in [-0.15, -0.1) is 0 Å². The molecule has 0 saturated carbocycles. The van der Waals surface area contributed by atoms with Gasteiger partial charge in [-0.2, -0.15) is 0 Å². The van der Waals surface area contributed by atoms with Crippen molar-refractivity contribution in [2.24, 2.45) is 0 Å². The summed E-state index contributed by atoms with van der Waals surface area (Å²) in [6, 6.07) is 105. The maximum absolute atomic E-state index is 2.79. The van der Waals surface area contributed by atoms with Crippen molar-refractivity contribution < 1.29 is 0 Å². The Morgan fingerprint density at radius 3 is 0.921 bits per heavy atom. The molecule has 0 N–H and O–H groups in total. The zero-order chi connectivity index (χ0) is 89.9. The fourth-order valence-corrected chi connectivity index (χ4v) is 21.5. The molecule has 2 aliphatic heterocycles. The second-order valence-corrected chi connectivity index (χ2v) is 41.2. The van der Waals surface area contributed by atoms with E-state index in [9.17, 15) is 0 Å². The van der Waals surface area contributed by atoms with Crippen molar-refractivity contribution in [3.63, 3.8) is 0 Å². The van der Waals surface area contributed by atoms with Gasteiger partial charge in [0, 0.05) is 56.0 Å². The summed E-state index contributed by atoms with van der Waals surface area (Å²) in [5.74, 6) is 4.00. The lowest BCUT2D eigenvalue weighted by atomic mass is 9.33. The van der Waals surface area contributed by atoms with Crippen molar-refractivity contribution in [2.45, 2.75) is 257 Å². The van der Waals surface area contributed by atoms with Crippen molar-refractivity contribution in [1.82, 2.24) is 4.57 Å². The molecule has 1 aromatic heterocycles. The summed E-state index contributed by atoms with van der Waals surface area (Å²) in [6.07, 6.45) is 0. The van der Waals surface area contributed by atoms with Crippen molar-refractivity contribution in [1.29, 1.82) is 0 Å². The highest BCUT2D eigenvalue weighted by Gasteiger charge is 2.46. The van der Waals surface area contributed by atoms with Gasteiger partial charge in [0.2, 0.25) is 0 Å². The maximum atomic E-state index is 2.79. The molecular formula is C123H134BN3. The summed E-state index contributed by atoms with van der Waals surface area (Å²) in [4.78, 5) is 5.51. The first-order valence-electron chi connectivity index (χ1n) is 48.1. The molecular weight excluding hydrogens is 1530 g/mol. The van der Waals surface area contributed by atoms with Crippen LogP contribution in [0.5, 0.6) is 0 Å². The lowest BCUT2D eigenvalue weighted by molar-refractivity contribution is 0.807. The summed E-state index contributed by atoms with van der Waals surface area (Å²) in [5, 5.41) is 2.48. The Balaban J connectivity index is 1.05. The van der Waals surface area contributed by atoms with Crippen LogP contribution >= 0.6 is 0 Å². The van der Waals surface area contributed by atoms with Gasteiger partial charge in [-0.05, 0) is 299 Å². The van der Waals surface area contributed by atoms with E-state index in [4.69, 9.17) is 0 Å². The van der Waals surface area contributed by atoms with Gasteiger partial charge in [0.15, 0.2) is 0 Å². The quantitative estimate of drug-likeness (QED) is 0.0592. The molecule has 0 saturated heterocycles. The molecule has 0 fully saturated rings. The number of fused-ring (bicyclic) bond motifs is 7. The van der Waals surface area contributed by atoms with Gasteiger partial charge in [-0.1, -0.05) is 374 Å². The lowest BCUT2D eigenvalue weighted by Gasteiger charge is -2.45. The van der Waals surface area contributed by atoms with Crippen LogP contribution < -0.4 is 26.2 Å². The molecule has 14 aromatic carbocycles. The van der Waals surface area contributed by atoms with Gasteiger partial charge in [0.05, 0.1) is 16.7 Å². The Kier molecular flexibility index (Phi) is 24.1. The Hall–Kier alpha value is -11.5. The largest absolute Gasteiger partial charge is 0.311 e. The first kappa shape index (κ1) is 87.6. The van der Waals surface area contributed by atoms with E-state index in [1.54, 1.807) is 0 Å². The second kappa shape index (κ2) is 35.0. The van der Waals surface area contributed by atoms with Crippen LogP contribution in [0.15, 0.2) is 261 Å². The van der Waals surface area contributed by atoms with E-state index in [0.29, 0.717) is 53.3 Å². The van der Waals surface area contributed by atoms with Gasteiger partial charge >= 0.3 is 0 Å². The number of hydrogen-bond acceptors (Lipinski definition) is 2. The molecule has 3 heterocycles. The first-order chi connectivity index (χ1) is 60.8. The maximum Gasteiger partial charge on any atom is 0.252 e. The SMILES string of the molecule is CC(C)c1cc(C(C)C)c(-c2ccc(N3c4ccc(-c5c(C(C)C)cc(C(C)C)cc5C(C)C)cc4B4c5ccc(-n6c7ccc(-c8c(C(C)C)cccc8C(C)C)cc7c7cc(-c8c(C(C)C)cccc8C(C)C)ccc76)cc5N(c5c(-c6ccccc6)cccc5-c5ccccc5)c5cc(-c6c(C(C)C)cc(C(C)C)cc6C(C)C)cc3c54)cc2)c(C(C)C)c1. The monoisotopic (exact) mass is 1660 g/mol. The lowest BCUT2D eigenvalue weighted by Crippen LogP contribution is -2.61. The summed E-state index contributed by atoms with van der Waals surface area (Å²) in [6.45, 7) is 61.7. The number of benzene rings is 14. The van der Waals surface area contributed by atoms with Crippen LogP contribution in [0.25, 0.3) is 105 Å². The Morgan fingerprint density at radius 1 is 0.205 bits per heavy atom. The van der Waals surface area contributed by atoms with E-state index in [2.05, 4.69) is 455 Å². The molecule has 15 aromatic rings. The molecule has 17 rings (SSSR count). The van der Waals surface area contributed by atoms with E-state index < -0.39 is 0 Å². The number of anilines is 6. The molecule has 0 aliphatic carbocycles. The molecule has 0 unspecified atom stereocenters. The van der Waals surface area contributed by atoms with Gasteiger partial charge in [0.1, 0.15) is 0 Å². The highest BCUT2D eigenvalue weighted by Crippen LogP contribution is 2.55. The molecule has 644 valence electrons. The minimum absolute atomic E-state index is 0.210. The zero-order valence-electron chi connectivity index (χ0n) is 80.8.